The normalized spacial score (nSPS) is 18.7. The molecule has 2 aliphatic heterocycles. The molecule has 1 atom stereocenters. The molecular formula is C29H38N4O4S. The number of benzene rings is 2. The molecular weight excluding hydrogens is 500 g/mol. The number of ether oxygens (including phenoxy) is 2. The lowest BCUT2D eigenvalue weighted by Gasteiger charge is -2.32. The average molecular weight is 539 g/mol. The van der Waals surface area contributed by atoms with Gasteiger partial charge in [0.15, 0.2) is 5.11 Å². The highest BCUT2D eigenvalue weighted by Gasteiger charge is 2.44. The Morgan fingerprint density at radius 1 is 1.08 bits per heavy atom. The second-order valence-corrected chi connectivity index (χ2v) is 10.4. The fraction of sp³-hybridized carbons (Fsp3) is 0.483. The van der Waals surface area contributed by atoms with Gasteiger partial charge in [-0.25, -0.2) is 0 Å². The average Bonchev–Trinajstić information content (AvgIpc) is 3.16. The van der Waals surface area contributed by atoms with E-state index in [1.54, 1.807) is 13.2 Å². The van der Waals surface area contributed by atoms with Crippen LogP contribution in [-0.2, 0) is 9.59 Å². The van der Waals surface area contributed by atoms with Gasteiger partial charge >= 0.3 is 0 Å². The van der Waals surface area contributed by atoms with E-state index in [4.69, 9.17) is 21.7 Å². The molecule has 2 heterocycles. The molecule has 2 aromatic rings. The molecule has 4 rings (SSSR count). The Labute approximate surface area is 230 Å². The fourth-order valence-electron chi connectivity index (χ4n) is 4.85. The lowest BCUT2D eigenvalue weighted by molar-refractivity contribution is -0.124. The molecule has 2 aromatic carbocycles. The van der Waals surface area contributed by atoms with Gasteiger partial charge in [0.05, 0.1) is 25.8 Å². The maximum Gasteiger partial charge on any atom is 0.256 e. The summed E-state index contributed by atoms with van der Waals surface area (Å²) in [4.78, 5) is 32.7. The van der Waals surface area contributed by atoms with Crippen molar-refractivity contribution in [2.75, 3.05) is 50.1 Å². The Morgan fingerprint density at radius 3 is 2.50 bits per heavy atom. The zero-order valence-electron chi connectivity index (χ0n) is 22.5. The van der Waals surface area contributed by atoms with Crippen molar-refractivity contribution in [2.45, 2.75) is 45.6 Å². The van der Waals surface area contributed by atoms with Crippen LogP contribution in [0.15, 0.2) is 48.5 Å². The summed E-state index contributed by atoms with van der Waals surface area (Å²) in [6, 6.07) is 13.9. The van der Waals surface area contributed by atoms with Crippen LogP contribution in [0.25, 0.3) is 0 Å². The molecule has 2 aliphatic rings. The van der Waals surface area contributed by atoms with Gasteiger partial charge < -0.3 is 24.6 Å². The summed E-state index contributed by atoms with van der Waals surface area (Å²) in [5.41, 5.74) is 1.30. The van der Waals surface area contributed by atoms with Crippen LogP contribution in [0.1, 0.15) is 39.5 Å². The molecule has 0 aliphatic carbocycles. The highest BCUT2D eigenvalue weighted by Crippen LogP contribution is 2.30. The number of hydrogen-bond donors (Lipinski definition) is 1. The second-order valence-electron chi connectivity index (χ2n) is 10.0. The molecule has 8 nitrogen and oxygen atoms in total. The van der Waals surface area contributed by atoms with Gasteiger partial charge in [0, 0.05) is 24.8 Å². The molecule has 2 saturated heterocycles. The number of rotatable bonds is 11. The Morgan fingerprint density at radius 2 is 1.82 bits per heavy atom. The van der Waals surface area contributed by atoms with E-state index in [0.29, 0.717) is 35.4 Å². The van der Waals surface area contributed by atoms with Crippen molar-refractivity contribution in [3.8, 4) is 11.5 Å². The lowest BCUT2D eigenvalue weighted by atomic mass is 9.99. The number of methoxy groups -OCH3 is 1. The maximum absolute atomic E-state index is 13.7. The van der Waals surface area contributed by atoms with Crippen LogP contribution in [0.4, 0.5) is 11.4 Å². The molecule has 2 amide bonds. The molecule has 0 saturated carbocycles. The van der Waals surface area contributed by atoms with Gasteiger partial charge in [-0.1, -0.05) is 19.9 Å². The highest BCUT2D eigenvalue weighted by atomic mass is 32.1. The minimum atomic E-state index is -0.676. The molecule has 2 fully saturated rings. The number of nitrogens with zero attached hydrogens (tertiary/aromatic N) is 3. The van der Waals surface area contributed by atoms with E-state index in [2.05, 4.69) is 24.1 Å². The third-order valence-electron chi connectivity index (χ3n) is 7.15. The number of anilines is 2. The van der Waals surface area contributed by atoms with E-state index in [0.717, 1.165) is 37.7 Å². The van der Waals surface area contributed by atoms with Crippen LogP contribution in [0.5, 0.6) is 11.5 Å². The maximum atomic E-state index is 13.7. The Bertz CT molecular complexity index is 1120. The van der Waals surface area contributed by atoms with Gasteiger partial charge in [0.2, 0.25) is 5.91 Å². The third-order valence-corrected chi connectivity index (χ3v) is 7.57. The molecule has 0 spiro atoms. The topological polar surface area (TPSA) is 74.3 Å². The zero-order chi connectivity index (χ0) is 27.1. The van der Waals surface area contributed by atoms with E-state index in [1.165, 1.54) is 17.7 Å². The Hall–Kier alpha value is -3.17. The van der Waals surface area contributed by atoms with Gasteiger partial charge in [-0.15, -0.1) is 0 Å². The molecule has 0 unspecified atom stereocenters. The summed E-state index contributed by atoms with van der Waals surface area (Å²) >= 11 is 5.82. The second kappa shape index (κ2) is 13.1. The lowest BCUT2D eigenvalue weighted by Crippen LogP contribution is -2.44. The minimum absolute atomic E-state index is 0.00453. The minimum Gasteiger partial charge on any atom is -0.497 e. The first-order valence-electron chi connectivity index (χ1n) is 13.4. The number of thiocarbonyl (C=S) groups is 1. The fourth-order valence-corrected chi connectivity index (χ4v) is 5.27. The summed E-state index contributed by atoms with van der Waals surface area (Å²) in [6.07, 6.45) is 3.28. The number of carbonyl (C=O) groups excluding carboxylic acids is 2. The van der Waals surface area contributed by atoms with Crippen molar-refractivity contribution in [3.05, 3.63) is 48.5 Å². The smallest absolute Gasteiger partial charge is 0.256 e. The molecule has 1 N–H and O–H groups in total. The number of carbonyl (C=O) groups is 2. The van der Waals surface area contributed by atoms with E-state index in [-0.39, 0.29) is 18.2 Å². The van der Waals surface area contributed by atoms with Crippen molar-refractivity contribution in [2.24, 2.45) is 5.92 Å². The number of hydrogen-bond acceptors (Lipinski definition) is 6. The number of amides is 2. The number of piperidine rings is 1. The first-order valence-corrected chi connectivity index (χ1v) is 13.8. The van der Waals surface area contributed by atoms with Gasteiger partial charge in [-0.2, -0.15) is 0 Å². The molecule has 9 heteroatoms. The van der Waals surface area contributed by atoms with E-state index in [1.807, 2.05) is 47.4 Å². The van der Waals surface area contributed by atoms with Crippen molar-refractivity contribution in [1.29, 1.82) is 0 Å². The van der Waals surface area contributed by atoms with Gasteiger partial charge in [0.1, 0.15) is 17.5 Å². The Balaban J connectivity index is 1.48. The van der Waals surface area contributed by atoms with Gasteiger partial charge in [-0.3, -0.25) is 14.5 Å². The molecule has 38 heavy (non-hydrogen) atoms. The predicted octanol–water partition coefficient (Wildman–Crippen LogP) is 4.55. The van der Waals surface area contributed by atoms with Crippen LogP contribution in [0, 0.1) is 5.92 Å². The quantitative estimate of drug-likeness (QED) is 0.421. The highest BCUT2D eigenvalue weighted by molar-refractivity contribution is 7.80. The van der Waals surface area contributed by atoms with Crippen molar-refractivity contribution in [3.63, 3.8) is 0 Å². The van der Waals surface area contributed by atoms with Crippen LogP contribution in [-0.4, -0.2) is 72.7 Å². The third kappa shape index (κ3) is 6.82. The predicted molar refractivity (Wildman–Crippen MR) is 154 cm³/mol. The summed E-state index contributed by atoms with van der Waals surface area (Å²) in [5, 5.41) is 3.35. The van der Waals surface area contributed by atoms with Crippen molar-refractivity contribution >= 4 is 40.5 Å². The Kier molecular flexibility index (Phi) is 9.58. The largest absolute Gasteiger partial charge is 0.497 e. The van der Waals surface area contributed by atoms with E-state index < -0.39 is 6.04 Å². The molecule has 204 valence electrons. The van der Waals surface area contributed by atoms with Crippen molar-refractivity contribution < 1.29 is 19.1 Å². The SMILES string of the molecule is CCCOc1ccc(NC(=O)C[C@H]2C(=O)N(c3cccc(OC)c3)C(=S)N2CCN2CCC(C)CC2)cc1. The standard InChI is InChI=1S/C29H38N4O4S/c1-4-18-37-24-10-8-22(9-11-24)30-27(34)20-26-28(35)33(23-6-5-7-25(19-23)36-3)29(38)32(26)17-16-31-14-12-21(2)13-15-31/h5-11,19,21,26H,4,12-18,20H2,1-3H3,(H,30,34)/t26-/m0/s1. The van der Waals surface area contributed by atoms with Crippen LogP contribution in [0.2, 0.25) is 0 Å². The summed E-state index contributed by atoms with van der Waals surface area (Å²) < 4.78 is 11.0. The first kappa shape index (κ1) is 27.9. The summed E-state index contributed by atoms with van der Waals surface area (Å²) in [7, 11) is 1.59. The van der Waals surface area contributed by atoms with Crippen LogP contribution >= 0.6 is 12.2 Å². The molecule has 0 radical (unpaired) electrons. The van der Waals surface area contributed by atoms with Crippen molar-refractivity contribution in [1.82, 2.24) is 9.80 Å². The van der Waals surface area contributed by atoms with E-state index in [9.17, 15) is 9.59 Å². The number of nitrogens with one attached hydrogen (secondary N) is 1. The van der Waals surface area contributed by atoms with Crippen LogP contribution in [0.3, 0.4) is 0 Å². The molecule has 0 bridgehead atoms. The summed E-state index contributed by atoms with van der Waals surface area (Å²) in [5.74, 6) is 1.70. The first-order chi connectivity index (χ1) is 18.4. The molecule has 0 aromatic heterocycles. The van der Waals surface area contributed by atoms with Crippen LogP contribution < -0.4 is 19.7 Å². The zero-order valence-corrected chi connectivity index (χ0v) is 23.3. The van der Waals surface area contributed by atoms with Gasteiger partial charge in [0.25, 0.3) is 5.91 Å². The number of likely N-dealkylation sites (tertiary alicyclic amines) is 1. The monoisotopic (exact) mass is 538 g/mol. The van der Waals surface area contributed by atoms with E-state index >= 15 is 0 Å². The summed E-state index contributed by atoms with van der Waals surface area (Å²) in [6.45, 7) is 8.45. The van der Waals surface area contributed by atoms with Gasteiger partial charge in [-0.05, 0) is 86.9 Å².